The molecule has 1 N–H and O–H groups in total. The number of para-hydroxylation sites is 1. The Morgan fingerprint density at radius 2 is 1.94 bits per heavy atom. The van der Waals surface area contributed by atoms with Gasteiger partial charge in [-0.1, -0.05) is 12.1 Å². The number of benzene rings is 1. The van der Waals surface area contributed by atoms with Crippen molar-refractivity contribution in [3.05, 3.63) is 30.1 Å². The standard InChI is InChI=1S/C12H12FNO3/c1-14(9-5-3-2-4-8(9)13)10(15)12(6-7-12)11(16)17/h2-5H,6-7H2,1H3,(H,16,17). The molecule has 1 aromatic rings. The third kappa shape index (κ3) is 1.77. The molecule has 0 unspecified atom stereocenters. The first-order chi connectivity index (χ1) is 7.99. The van der Waals surface area contributed by atoms with Crippen LogP contribution in [0.25, 0.3) is 0 Å². The van der Waals surface area contributed by atoms with Crippen LogP contribution in [0.3, 0.4) is 0 Å². The molecule has 1 fully saturated rings. The molecule has 0 aliphatic heterocycles. The van der Waals surface area contributed by atoms with E-state index in [1.165, 1.54) is 25.2 Å². The number of halogens is 1. The molecule has 0 saturated heterocycles. The van der Waals surface area contributed by atoms with Crippen molar-refractivity contribution in [1.29, 1.82) is 0 Å². The van der Waals surface area contributed by atoms with Crippen LogP contribution >= 0.6 is 0 Å². The smallest absolute Gasteiger partial charge is 0.319 e. The maximum Gasteiger partial charge on any atom is 0.319 e. The fraction of sp³-hybridized carbons (Fsp3) is 0.333. The van der Waals surface area contributed by atoms with Gasteiger partial charge in [0, 0.05) is 7.05 Å². The lowest BCUT2D eigenvalue weighted by Gasteiger charge is -2.21. The zero-order valence-electron chi connectivity index (χ0n) is 9.31. The number of carboxylic acids is 1. The normalized spacial score (nSPS) is 16.4. The summed E-state index contributed by atoms with van der Waals surface area (Å²) in [5.41, 5.74) is -1.23. The van der Waals surface area contributed by atoms with Gasteiger partial charge >= 0.3 is 5.97 Å². The van der Waals surface area contributed by atoms with E-state index in [1.54, 1.807) is 6.07 Å². The van der Waals surface area contributed by atoms with Crippen molar-refractivity contribution < 1.29 is 19.1 Å². The molecule has 2 rings (SSSR count). The molecule has 1 aromatic carbocycles. The fourth-order valence-corrected chi connectivity index (χ4v) is 1.80. The second kappa shape index (κ2) is 3.84. The Balaban J connectivity index is 2.28. The molecule has 1 amide bonds. The van der Waals surface area contributed by atoms with Gasteiger partial charge in [0.25, 0.3) is 0 Å². The lowest BCUT2D eigenvalue weighted by Crippen LogP contribution is -2.38. The Hall–Kier alpha value is -1.91. The highest BCUT2D eigenvalue weighted by atomic mass is 19.1. The van der Waals surface area contributed by atoms with Gasteiger partial charge < -0.3 is 10.0 Å². The molecule has 0 radical (unpaired) electrons. The monoisotopic (exact) mass is 237 g/mol. The van der Waals surface area contributed by atoms with E-state index < -0.39 is 23.1 Å². The minimum atomic E-state index is -1.34. The lowest BCUT2D eigenvalue weighted by atomic mass is 10.1. The Morgan fingerprint density at radius 1 is 1.35 bits per heavy atom. The molecular formula is C12H12FNO3. The summed E-state index contributed by atoms with van der Waals surface area (Å²) in [6, 6.07) is 5.80. The molecular weight excluding hydrogens is 225 g/mol. The molecule has 17 heavy (non-hydrogen) atoms. The van der Waals surface area contributed by atoms with Crippen LogP contribution in [0.15, 0.2) is 24.3 Å². The summed E-state index contributed by atoms with van der Waals surface area (Å²) in [5, 5.41) is 9.00. The van der Waals surface area contributed by atoms with E-state index in [4.69, 9.17) is 5.11 Å². The second-order valence-electron chi connectivity index (χ2n) is 4.20. The summed E-state index contributed by atoms with van der Waals surface area (Å²) < 4.78 is 13.5. The summed E-state index contributed by atoms with van der Waals surface area (Å²) >= 11 is 0. The van der Waals surface area contributed by atoms with E-state index in [1.807, 2.05) is 0 Å². The van der Waals surface area contributed by atoms with Crippen molar-refractivity contribution in [2.24, 2.45) is 5.41 Å². The van der Waals surface area contributed by atoms with Gasteiger partial charge in [0.15, 0.2) is 0 Å². The summed E-state index contributed by atoms with van der Waals surface area (Å²) in [4.78, 5) is 24.1. The van der Waals surface area contributed by atoms with Gasteiger partial charge in [-0.25, -0.2) is 4.39 Å². The van der Waals surface area contributed by atoms with E-state index in [0.29, 0.717) is 12.8 Å². The SMILES string of the molecule is CN(C(=O)C1(C(=O)O)CC1)c1ccccc1F. The van der Waals surface area contributed by atoms with Crippen molar-refractivity contribution in [2.45, 2.75) is 12.8 Å². The van der Waals surface area contributed by atoms with Gasteiger partial charge in [-0.15, -0.1) is 0 Å². The van der Waals surface area contributed by atoms with Crippen LogP contribution in [0.1, 0.15) is 12.8 Å². The minimum Gasteiger partial charge on any atom is -0.480 e. The quantitative estimate of drug-likeness (QED) is 0.813. The van der Waals surface area contributed by atoms with E-state index in [0.717, 1.165) is 4.90 Å². The summed E-state index contributed by atoms with van der Waals surface area (Å²) in [6.45, 7) is 0. The first kappa shape index (κ1) is 11.6. The number of anilines is 1. The zero-order chi connectivity index (χ0) is 12.6. The van der Waals surface area contributed by atoms with Crippen molar-refractivity contribution in [3.63, 3.8) is 0 Å². The summed E-state index contributed by atoms with van der Waals surface area (Å²) in [7, 11) is 1.39. The van der Waals surface area contributed by atoms with Crippen LogP contribution in [-0.2, 0) is 9.59 Å². The molecule has 0 spiro atoms. The van der Waals surface area contributed by atoms with Gasteiger partial charge in [0.2, 0.25) is 5.91 Å². The lowest BCUT2D eigenvalue weighted by molar-refractivity contribution is -0.148. The van der Waals surface area contributed by atoms with Crippen LogP contribution in [-0.4, -0.2) is 24.0 Å². The molecule has 0 aromatic heterocycles. The highest BCUT2D eigenvalue weighted by Gasteiger charge is 2.58. The van der Waals surface area contributed by atoms with Crippen LogP contribution in [0.2, 0.25) is 0 Å². The minimum absolute atomic E-state index is 0.102. The van der Waals surface area contributed by atoms with Gasteiger partial charge in [0.1, 0.15) is 11.2 Å². The molecule has 4 nitrogen and oxygen atoms in total. The number of amides is 1. The van der Waals surface area contributed by atoms with Gasteiger partial charge in [0.05, 0.1) is 5.69 Å². The number of nitrogens with zero attached hydrogens (tertiary/aromatic N) is 1. The number of hydrogen-bond acceptors (Lipinski definition) is 2. The van der Waals surface area contributed by atoms with E-state index in [2.05, 4.69) is 0 Å². The number of carbonyl (C=O) groups excluding carboxylic acids is 1. The molecule has 1 aliphatic rings. The van der Waals surface area contributed by atoms with Crippen LogP contribution < -0.4 is 4.90 Å². The van der Waals surface area contributed by atoms with Gasteiger partial charge in [-0.2, -0.15) is 0 Å². The Morgan fingerprint density at radius 3 is 2.41 bits per heavy atom. The van der Waals surface area contributed by atoms with Crippen LogP contribution in [0.5, 0.6) is 0 Å². The predicted octanol–water partition coefficient (Wildman–Crippen LogP) is 1.65. The van der Waals surface area contributed by atoms with E-state index in [-0.39, 0.29) is 5.69 Å². The third-order valence-corrected chi connectivity index (χ3v) is 3.09. The Labute approximate surface area is 97.7 Å². The van der Waals surface area contributed by atoms with Crippen molar-refractivity contribution >= 4 is 17.6 Å². The molecule has 1 saturated carbocycles. The van der Waals surface area contributed by atoms with E-state index in [9.17, 15) is 14.0 Å². The number of hydrogen-bond donors (Lipinski definition) is 1. The second-order valence-corrected chi connectivity index (χ2v) is 4.20. The fourth-order valence-electron chi connectivity index (χ4n) is 1.80. The Bertz CT molecular complexity index is 482. The van der Waals surface area contributed by atoms with Gasteiger partial charge in [-0.3, -0.25) is 9.59 Å². The van der Waals surface area contributed by atoms with Crippen molar-refractivity contribution in [1.82, 2.24) is 0 Å². The molecule has 1 aliphatic carbocycles. The predicted molar refractivity (Wildman–Crippen MR) is 59.1 cm³/mol. The van der Waals surface area contributed by atoms with Crippen LogP contribution in [0.4, 0.5) is 10.1 Å². The number of carbonyl (C=O) groups is 2. The molecule has 90 valence electrons. The first-order valence-corrected chi connectivity index (χ1v) is 5.25. The summed E-state index contributed by atoms with van der Waals surface area (Å²) in [6.07, 6.45) is 0.639. The highest BCUT2D eigenvalue weighted by molar-refractivity contribution is 6.11. The summed E-state index contributed by atoms with van der Waals surface area (Å²) in [5.74, 6) is -2.23. The maximum absolute atomic E-state index is 13.5. The Kier molecular flexibility index (Phi) is 2.61. The third-order valence-electron chi connectivity index (χ3n) is 3.09. The molecule has 0 bridgehead atoms. The topological polar surface area (TPSA) is 57.6 Å². The molecule has 5 heteroatoms. The molecule has 0 heterocycles. The number of rotatable bonds is 3. The maximum atomic E-state index is 13.5. The molecule has 0 atom stereocenters. The number of aliphatic carboxylic acids is 1. The average Bonchev–Trinajstić information content (AvgIpc) is 3.09. The van der Waals surface area contributed by atoms with Crippen molar-refractivity contribution in [2.75, 3.05) is 11.9 Å². The first-order valence-electron chi connectivity index (χ1n) is 5.25. The van der Waals surface area contributed by atoms with E-state index >= 15 is 0 Å². The van der Waals surface area contributed by atoms with Crippen molar-refractivity contribution in [3.8, 4) is 0 Å². The van der Waals surface area contributed by atoms with Crippen LogP contribution in [0, 0.1) is 11.2 Å². The van der Waals surface area contributed by atoms with Gasteiger partial charge in [-0.05, 0) is 25.0 Å². The largest absolute Gasteiger partial charge is 0.480 e. The average molecular weight is 237 g/mol. The number of carboxylic acid groups (broad SMARTS) is 1. The highest BCUT2D eigenvalue weighted by Crippen LogP contribution is 2.47. The zero-order valence-corrected chi connectivity index (χ0v) is 9.31.